The molecule has 7 heteroatoms. The summed E-state index contributed by atoms with van der Waals surface area (Å²) in [5.41, 5.74) is 3.11. The van der Waals surface area contributed by atoms with E-state index in [2.05, 4.69) is 0 Å². The summed E-state index contributed by atoms with van der Waals surface area (Å²) >= 11 is 5.98. The van der Waals surface area contributed by atoms with E-state index in [1.165, 1.54) is 0 Å². The van der Waals surface area contributed by atoms with E-state index in [1.54, 1.807) is 30.0 Å². The van der Waals surface area contributed by atoms with E-state index in [0.717, 1.165) is 28.2 Å². The van der Waals surface area contributed by atoms with Gasteiger partial charge in [-0.2, -0.15) is 0 Å². The lowest BCUT2D eigenvalue weighted by molar-refractivity contribution is -0.117. The second-order valence-corrected chi connectivity index (χ2v) is 8.99. The molecule has 2 aromatic rings. The van der Waals surface area contributed by atoms with Crippen molar-refractivity contribution in [2.45, 2.75) is 26.3 Å². The van der Waals surface area contributed by atoms with Crippen LogP contribution in [0.1, 0.15) is 18.1 Å². The molecule has 2 aromatic carbocycles. The van der Waals surface area contributed by atoms with Gasteiger partial charge in [0.1, 0.15) is 6.54 Å². The van der Waals surface area contributed by atoms with Crippen molar-refractivity contribution in [3.63, 3.8) is 0 Å². The summed E-state index contributed by atoms with van der Waals surface area (Å²) in [5.74, 6) is -0.248. The van der Waals surface area contributed by atoms with Crippen LogP contribution in [0, 0.1) is 6.92 Å². The number of carbonyl (C=O) groups is 1. The van der Waals surface area contributed by atoms with Crippen LogP contribution in [0.25, 0.3) is 0 Å². The quantitative estimate of drug-likeness (QED) is 0.801. The van der Waals surface area contributed by atoms with E-state index in [9.17, 15) is 13.2 Å². The predicted molar refractivity (Wildman–Crippen MR) is 105 cm³/mol. The molecule has 0 bridgehead atoms. The molecule has 0 spiro atoms. The molecule has 0 N–H and O–H groups in total. The highest BCUT2D eigenvalue weighted by Crippen LogP contribution is 2.33. The third-order valence-electron chi connectivity index (χ3n) is 4.58. The Morgan fingerprint density at radius 3 is 2.62 bits per heavy atom. The zero-order valence-electron chi connectivity index (χ0n) is 14.9. The second kappa shape index (κ2) is 6.93. The molecule has 138 valence electrons. The molecule has 0 aliphatic carbocycles. The van der Waals surface area contributed by atoms with Gasteiger partial charge in [0.15, 0.2) is 0 Å². The maximum atomic E-state index is 13.0. The number of sulfonamides is 1. The lowest BCUT2D eigenvalue weighted by Crippen LogP contribution is -2.45. The minimum absolute atomic E-state index is 0.00683. The number of para-hydroxylation sites is 1. The van der Waals surface area contributed by atoms with Gasteiger partial charge in [-0.05, 0) is 55.7 Å². The summed E-state index contributed by atoms with van der Waals surface area (Å²) in [6.45, 7) is 3.49. The van der Waals surface area contributed by atoms with Gasteiger partial charge in [-0.3, -0.25) is 9.10 Å². The first kappa shape index (κ1) is 18.7. The first-order valence-corrected chi connectivity index (χ1v) is 10.5. The Morgan fingerprint density at radius 1 is 1.27 bits per heavy atom. The maximum Gasteiger partial charge on any atom is 0.248 e. The van der Waals surface area contributed by atoms with Crippen molar-refractivity contribution in [2.75, 3.05) is 22.0 Å². The molecule has 1 aliphatic heterocycles. The average molecular weight is 393 g/mol. The number of aryl methyl sites for hydroxylation is 1. The van der Waals surface area contributed by atoms with Crippen LogP contribution >= 0.6 is 11.6 Å². The molecule has 3 rings (SSSR count). The largest absolute Gasteiger partial charge is 0.307 e. The molecule has 0 saturated carbocycles. The van der Waals surface area contributed by atoms with Crippen LogP contribution in [-0.2, 0) is 21.2 Å². The molecular weight excluding hydrogens is 372 g/mol. The van der Waals surface area contributed by atoms with Gasteiger partial charge >= 0.3 is 0 Å². The van der Waals surface area contributed by atoms with Gasteiger partial charge in [-0.15, -0.1) is 0 Å². The lowest BCUT2D eigenvalue weighted by atomic mass is 10.1. The van der Waals surface area contributed by atoms with Crippen LogP contribution in [0.5, 0.6) is 0 Å². The minimum Gasteiger partial charge on any atom is -0.307 e. The summed E-state index contributed by atoms with van der Waals surface area (Å²) in [4.78, 5) is 14.7. The normalized spacial score (nSPS) is 16.5. The monoisotopic (exact) mass is 392 g/mol. The van der Waals surface area contributed by atoms with Gasteiger partial charge < -0.3 is 4.90 Å². The fourth-order valence-electron chi connectivity index (χ4n) is 3.42. The van der Waals surface area contributed by atoms with E-state index in [1.807, 2.05) is 31.2 Å². The number of carbonyl (C=O) groups excluding carboxylic acids is 1. The van der Waals surface area contributed by atoms with Crippen molar-refractivity contribution in [2.24, 2.45) is 0 Å². The Hall–Kier alpha value is -2.05. The molecule has 0 aromatic heterocycles. The molecule has 1 heterocycles. The summed E-state index contributed by atoms with van der Waals surface area (Å²) in [7, 11) is -3.63. The first-order chi connectivity index (χ1) is 12.2. The zero-order valence-corrected chi connectivity index (χ0v) is 16.5. The summed E-state index contributed by atoms with van der Waals surface area (Å²) in [5, 5.41) is 0.521. The molecule has 5 nitrogen and oxygen atoms in total. The van der Waals surface area contributed by atoms with E-state index in [0.29, 0.717) is 16.3 Å². The highest BCUT2D eigenvalue weighted by molar-refractivity contribution is 7.92. The van der Waals surface area contributed by atoms with Crippen LogP contribution in [0.2, 0.25) is 5.02 Å². The van der Waals surface area contributed by atoms with E-state index >= 15 is 0 Å². The van der Waals surface area contributed by atoms with Crippen molar-refractivity contribution in [3.8, 4) is 0 Å². The highest BCUT2D eigenvalue weighted by Gasteiger charge is 2.33. The number of rotatable bonds is 4. The molecule has 0 radical (unpaired) electrons. The number of hydrogen-bond acceptors (Lipinski definition) is 3. The van der Waals surface area contributed by atoms with Gasteiger partial charge in [0.2, 0.25) is 15.9 Å². The Morgan fingerprint density at radius 2 is 1.96 bits per heavy atom. The van der Waals surface area contributed by atoms with Crippen LogP contribution in [-0.4, -0.2) is 33.2 Å². The lowest BCUT2D eigenvalue weighted by Gasteiger charge is -2.28. The second-order valence-electron chi connectivity index (χ2n) is 6.65. The minimum atomic E-state index is -3.63. The molecule has 1 unspecified atom stereocenters. The Balaban J connectivity index is 1.94. The van der Waals surface area contributed by atoms with E-state index < -0.39 is 10.0 Å². The molecule has 0 saturated heterocycles. The van der Waals surface area contributed by atoms with Gasteiger partial charge in [0, 0.05) is 16.8 Å². The number of amides is 1. The van der Waals surface area contributed by atoms with Crippen molar-refractivity contribution in [1.29, 1.82) is 0 Å². The fraction of sp³-hybridized carbons (Fsp3) is 0.316. The molecule has 1 aliphatic rings. The third-order valence-corrected chi connectivity index (χ3v) is 5.94. The number of hydrogen-bond donors (Lipinski definition) is 0. The fourth-order valence-corrected chi connectivity index (χ4v) is 4.56. The number of fused-ring (bicyclic) bond motifs is 1. The van der Waals surface area contributed by atoms with Crippen LogP contribution in [0.3, 0.4) is 0 Å². The number of halogens is 1. The van der Waals surface area contributed by atoms with Crippen molar-refractivity contribution < 1.29 is 13.2 Å². The Kier molecular flexibility index (Phi) is 4.99. The van der Waals surface area contributed by atoms with Gasteiger partial charge in [-0.25, -0.2) is 8.42 Å². The standard InChI is InChI=1S/C19H21ClN2O3S/c1-13-10-16(20)8-9-17(13)21(26(3,24)25)12-19(23)22-14(2)11-15-6-4-5-7-18(15)22/h4-10,14H,11-12H2,1-3H3. The molecule has 1 atom stereocenters. The van der Waals surface area contributed by atoms with Gasteiger partial charge in [0.25, 0.3) is 0 Å². The number of benzene rings is 2. The molecule has 0 fully saturated rings. The summed E-state index contributed by atoms with van der Waals surface area (Å²) in [6.07, 6.45) is 1.87. The van der Waals surface area contributed by atoms with E-state index in [4.69, 9.17) is 11.6 Å². The third kappa shape index (κ3) is 3.57. The topological polar surface area (TPSA) is 57.7 Å². The van der Waals surface area contributed by atoms with Gasteiger partial charge in [-0.1, -0.05) is 29.8 Å². The van der Waals surface area contributed by atoms with Crippen LogP contribution in [0.4, 0.5) is 11.4 Å². The zero-order chi connectivity index (χ0) is 19.1. The molecule has 1 amide bonds. The van der Waals surface area contributed by atoms with Crippen LogP contribution < -0.4 is 9.21 Å². The Labute approximate surface area is 159 Å². The SMILES string of the molecule is Cc1cc(Cl)ccc1N(CC(=O)N1c2ccccc2CC1C)S(C)(=O)=O. The van der Waals surface area contributed by atoms with E-state index in [-0.39, 0.29) is 18.5 Å². The summed E-state index contributed by atoms with van der Waals surface area (Å²) < 4.78 is 25.9. The van der Waals surface area contributed by atoms with Gasteiger partial charge in [0.05, 0.1) is 11.9 Å². The smallest absolute Gasteiger partial charge is 0.248 e. The predicted octanol–water partition coefficient (Wildman–Crippen LogP) is 3.39. The summed E-state index contributed by atoms with van der Waals surface area (Å²) in [6, 6.07) is 12.7. The van der Waals surface area contributed by atoms with Crippen molar-refractivity contribution in [3.05, 3.63) is 58.6 Å². The molecular formula is C19H21ClN2O3S. The average Bonchev–Trinajstić information content (AvgIpc) is 2.88. The highest BCUT2D eigenvalue weighted by atomic mass is 35.5. The maximum absolute atomic E-state index is 13.0. The van der Waals surface area contributed by atoms with Crippen molar-refractivity contribution in [1.82, 2.24) is 0 Å². The first-order valence-electron chi connectivity index (χ1n) is 8.32. The number of nitrogens with zero attached hydrogens (tertiary/aromatic N) is 2. The number of anilines is 2. The Bertz CT molecular complexity index is 959. The van der Waals surface area contributed by atoms with Crippen molar-refractivity contribution >= 4 is 38.9 Å². The molecule has 26 heavy (non-hydrogen) atoms. The van der Waals surface area contributed by atoms with Crippen LogP contribution in [0.15, 0.2) is 42.5 Å².